The third kappa shape index (κ3) is 13.5. The van der Waals surface area contributed by atoms with Crippen LogP contribution in [0.3, 0.4) is 0 Å². The van der Waals surface area contributed by atoms with E-state index in [-0.39, 0.29) is 59.3 Å². The number of hydrogen-bond acceptors (Lipinski definition) is 0. The third-order valence-corrected chi connectivity index (χ3v) is 2.07. The van der Waals surface area contributed by atoms with E-state index >= 15 is 0 Å². The molecule has 2 aromatic rings. The summed E-state index contributed by atoms with van der Waals surface area (Å²) in [4.78, 5) is 0. The Morgan fingerprint density at radius 3 is 0.905 bits per heavy atom. The van der Waals surface area contributed by atoms with Crippen LogP contribution in [0.1, 0.15) is 11.1 Å². The predicted molar refractivity (Wildman–Crippen MR) is 61.8 cm³/mol. The van der Waals surface area contributed by atoms with Gasteiger partial charge in [-0.05, 0) is 11.1 Å². The first-order valence-corrected chi connectivity index (χ1v) is 4.73. The summed E-state index contributed by atoms with van der Waals surface area (Å²) in [6.07, 6.45) is 4.24. The third-order valence-electron chi connectivity index (χ3n) is 2.07. The van der Waals surface area contributed by atoms with Crippen LogP contribution in [-0.2, 0) is 0 Å². The predicted octanol–water partition coefficient (Wildman–Crippen LogP) is -14.1. The topological polar surface area (TPSA) is 0 Å². The molecule has 0 N–H and O–H groups in total. The fraction of sp³-hybridized carbons (Fsp3) is 0. The zero-order chi connectivity index (χ0) is 9.64. The van der Waals surface area contributed by atoms with Gasteiger partial charge in [-0.1, -0.05) is 72.8 Å². The van der Waals surface area contributed by atoms with E-state index in [9.17, 15) is 0 Å². The van der Waals surface area contributed by atoms with Crippen LogP contribution in [0, 0.1) is 31.1 Å². The maximum Gasteiger partial charge on any atom is 0 e. The molecule has 0 nitrogen and oxygen atoms in total. The van der Waals surface area contributed by atoms with Crippen molar-refractivity contribution in [1.29, 1.82) is 0 Å². The SMILES string of the molecule is C(=Cc1ccccc1)c1ccccc1.[F-].[F-].[F-].[F-].[F-].[F-].[U]. The minimum atomic E-state index is 0. The molecule has 7 heteroatoms. The molecule has 0 radical (unpaired) electrons. The second-order valence-electron chi connectivity index (χ2n) is 3.15. The molecule has 0 aliphatic rings. The van der Waals surface area contributed by atoms with Crippen LogP contribution in [0.5, 0.6) is 0 Å². The summed E-state index contributed by atoms with van der Waals surface area (Å²) in [5.41, 5.74) is 2.47. The molecule has 0 unspecified atom stereocenters. The Morgan fingerprint density at radius 2 is 0.667 bits per heavy atom. The second kappa shape index (κ2) is 21.1. The molecule has 0 aliphatic heterocycles. The van der Waals surface area contributed by atoms with Gasteiger partial charge in [0.05, 0.1) is 0 Å². The number of benzene rings is 2. The maximum atomic E-state index is 2.12. The maximum absolute atomic E-state index is 2.12. The van der Waals surface area contributed by atoms with Gasteiger partial charge in [-0.3, -0.25) is 0 Å². The van der Waals surface area contributed by atoms with E-state index in [2.05, 4.69) is 36.4 Å². The molecule has 0 heterocycles. The minimum absolute atomic E-state index is 0. The Morgan fingerprint density at radius 1 is 0.429 bits per heavy atom. The molecule has 0 spiro atoms. The van der Waals surface area contributed by atoms with Crippen molar-refractivity contribution >= 4 is 12.2 Å². The van der Waals surface area contributed by atoms with E-state index in [0.29, 0.717) is 0 Å². The Balaban J connectivity index is -0.0000000804. The fourth-order valence-corrected chi connectivity index (χ4v) is 1.32. The molecule has 0 fully saturated rings. The van der Waals surface area contributed by atoms with Crippen molar-refractivity contribution in [1.82, 2.24) is 0 Å². The van der Waals surface area contributed by atoms with Gasteiger partial charge in [0, 0.05) is 31.1 Å². The van der Waals surface area contributed by atoms with Gasteiger partial charge < -0.3 is 28.2 Å². The zero-order valence-electron chi connectivity index (χ0n) is 10.7. The van der Waals surface area contributed by atoms with E-state index in [1.54, 1.807) is 0 Å². The van der Waals surface area contributed by atoms with Gasteiger partial charge in [0.1, 0.15) is 0 Å². The van der Waals surface area contributed by atoms with Gasteiger partial charge in [0.2, 0.25) is 0 Å². The molecule has 0 bridgehead atoms. The van der Waals surface area contributed by atoms with Crippen molar-refractivity contribution in [3.63, 3.8) is 0 Å². The first-order valence-electron chi connectivity index (χ1n) is 4.73. The Bertz CT molecular complexity index is 380. The molecule has 0 saturated carbocycles. The molecule has 2 aromatic carbocycles. The van der Waals surface area contributed by atoms with Crippen molar-refractivity contribution in [2.75, 3.05) is 0 Å². The van der Waals surface area contributed by atoms with Gasteiger partial charge >= 0.3 is 0 Å². The van der Waals surface area contributed by atoms with Crippen LogP contribution in [0.15, 0.2) is 60.7 Å². The summed E-state index contributed by atoms with van der Waals surface area (Å²) in [6, 6.07) is 20.6. The van der Waals surface area contributed by atoms with Gasteiger partial charge in [-0.2, -0.15) is 0 Å². The van der Waals surface area contributed by atoms with Crippen LogP contribution in [0.2, 0.25) is 0 Å². The van der Waals surface area contributed by atoms with E-state index in [4.69, 9.17) is 0 Å². The van der Waals surface area contributed by atoms with E-state index in [0.717, 1.165) is 0 Å². The van der Waals surface area contributed by atoms with Crippen molar-refractivity contribution in [2.24, 2.45) is 0 Å². The molecule has 0 amide bonds. The minimum Gasteiger partial charge on any atom is -1.00 e. The quantitative estimate of drug-likeness (QED) is 0.267. The molecular weight excluding hydrogens is 520 g/mol. The standard InChI is InChI=1S/C14H12.6FH.U/c1-3-7-13(8-4-1)11-12-14-9-5-2-6-10-14;;;;;;;/h1-12H;6*1H;/p-6. The van der Waals surface area contributed by atoms with Crippen molar-refractivity contribution < 1.29 is 59.3 Å². The average Bonchev–Trinajstić information content (AvgIpc) is 2.29. The monoisotopic (exact) mass is 532 g/mol. The normalized spacial score (nSPS) is 7.05. The molecule has 0 aliphatic carbocycles. The van der Waals surface area contributed by atoms with E-state index in [1.807, 2.05) is 36.4 Å². The first kappa shape index (κ1) is 36.8. The van der Waals surface area contributed by atoms with Gasteiger partial charge in [0.15, 0.2) is 0 Å². The summed E-state index contributed by atoms with van der Waals surface area (Å²) in [6.45, 7) is 0. The smallest absolute Gasteiger partial charge is 0 e. The number of rotatable bonds is 2. The van der Waals surface area contributed by atoms with Crippen molar-refractivity contribution in [3.05, 3.63) is 71.8 Å². The van der Waals surface area contributed by atoms with Gasteiger partial charge in [-0.15, -0.1) is 0 Å². The number of hydrogen-bond donors (Lipinski definition) is 0. The molecule has 0 aromatic heterocycles. The zero-order valence-corrected chi connectivity index (χ0v) is 14.9. The average molecular weight is 532 g/mol. The molecule has 0 atom stereocenters. The molecule has 21 heavy (non-hydrogen) atoms. The summed E-state index contributed by atoms with van der Waals surface area (Å²) < 4.78 is 0. The van der Waals surface area contributed by atoms with Crippen LogP contribution in [0.25, 0.3) is 12.2 Å². The van der Waals surface area contributed by atoms with Crippen LogP contribution in [-0.4, -0.2) is 0 Å². The summed E-state index contributed by atoms with van der Waals surface area (Å²) in [5, 5.41) is 0. The van der Waals surface area contributed by atoms with Crippen molar-refractivity contribution in [3.8, 4) is 0 Å². The van der Waals surface area contributed by atoms with Gasteiger partial charge in [-0.25, -0.2) is 0 Å². The molecule has 0 saturated heterocycles. The molecular formula is C14H12F6U-6. The van der Waals surface area contributed by atoms with Gasteiger partial charge in [0.25, 0.3) is 0 Å². The molecule has 2 rings (SSSR count). The largest absolute Gasteiger partial charge is 1.00 e. The van der Waals surface area contributed by atoms with E-state index in [1.165, 1.54) is 11.1 Å². The Labute approximate surface area is 143 Å². The second-order valence-corrected chi connectivity index (χ2v) is 3.15. The summed E-state index contributed by atoms with van der Waals surface area (Å²) >= 11 is 0. The van der Waals surface area contributed by atoms with Crippen LogP contribution in [0.4, 0.5) is 0 Å². The summed E-state index contributed by atoms with van der Waals surface area (Å²) in [5.74, 6) is 0. The van der Waals surface area contributed by atoms with Crippen molar-refractivity contribution in [2.45, 2.75) is 0 Å². The van der Waals surface area contributed by atoms with E-state index < -0.39 is 0 Å². The summed E-state index contributed by atoms with van der Waals surface area (Å²) in [7, 11) is 0. The van der Waals surface area contributed by atoms with Crippen LogP contribution >= 0.6 is 0 Å². The Kier molecular flexibility index (Phi) is 37.0. The van der Waals surface area contributed by atoms with Crippen LogP contribution < -0.4 is 28.2 Å². The fourth-order valence-electron chi connectivity index (χ4n) is 1.32. The molecule has 120 valence electrons. The number of halogens is 6. The first-order chi connectivity index (χ1) is 6.95. The Hall–Kier alpha value is -1.19.